The highest BCUT2D eigenvalue weighted by Gasteiger charge is 2.62. The summed E-state index contributed by atoms with van der Waals surface area (Å²) in [6, 6.07) is 7.77. The summed E-state index contributed by atoms with van der Waals surface area (Å²) in [6.45, 7) is 4.31. The fourth-order valence-electron chi connectivity index (χ4n) is 5.46. The molecule has 3 heterocycles. The number of methoxy groups -OCH3 is 1. The third kappa shape index (κ3) is 3.26. The summed E-state index contributed by atoms with van der Waals surface area (Å²) in [7, 11) is 1.67. The molecule has 1 spiro atoms. The molecule has 1 amide bonds. The molecule has 4 atom stereocenters. The third-order valence-corrected chi connectivity index (χ3v) is 7.05. The maximum atomic E-state index is 12.1. The van der Waals surface area contributed by atoms with Crippen molar-refractivity contribution in [3.8, 4) is 11.5 Å². The quantitative estimate of drug-likeness (QED) is 0.741. The van der Waals surface area contributed by atoms with E-state index in [1.807, 2.05) is 24.3 Å². The minimum Gasteiger partial charge on any atom is -0.493 e. The van der Waals surface area contributed by atoms with Crippen molar-refractivity contribution in [2.24, 2.45) is 17.8 Å². The van der Waals surface area contributed by atoms with Gasteiger partial charge in [0.05, 0.1) is 18.8 Å². The van der Waals surface area contributed by atoms with Crippen LogP contribution in [-0.4, -0.2) is 62.4 Å². The number of nitrogens with zero attached hydrogens (tertiary/aromatic N) is 1. The highest BCUT2D eigenvalue weighted by molar-refractivity contribution is 5.80. The number of rotatable bonds is 8. The van der Waals surface area contributed by atoms with Crippen LogP contribution in [0.25, 0.3) is 0 Å². The van der Waals surface area contributed by atoms with Gasteiger partial charge in [0, 0.05) is 43.9 Å². The fraction of sp³-hybridized carbons (Fsp3) is 0.682. The van der Waals surface area contributed by atoms with Crippen LogP contribution in [0.1, 0.15) is 25.7 Å². The van der Waals surface area contributed by atoms with Crippen LogP contribution in [0.2, 0.25) is 0 Å². The SMILES string of the molecule is COc1ccccc1OCCN1C[C@@H]2[C@H](CNC(=O)C3CC3)[C@H]3CC[C@]2(C1)O3. The number of carbonyl (C=O) groups excluding carboxylic acids is 1. The van der Waals surface area contributed by atoms with Crippen LogP contribution in [0.3, 0.4) is 0 Å². The first-order chi connectivity index (χ1) is 13.7. The molecule has 0 aromatic heterocycles. The zero-order valence-electron chi connectivity index (χ0n) is 16.6. The molecular weight excluding hydrogens is 356 g/mol. The van der Waals surface area contributed by atoms with Crippen molar-refractivity contribution >= 4 is 5.91 Å². The summed E-state index contributed by atoms with van der Waals surface area (Å²) in [4.78, 5) is 14.5. The summed E-state index contributed by atoms with van der Waals surface area (Å²) in [5.74, 6) is 3.07. The summed E-state index contributed by atoms with van der Waals surface area (Å²) in [6.07, 6.45) is 4.73. The van der Waals surface area contributed by atoms with Crippen LogP contribution in [0.4, 0.5) is 0 Å². The molecule has 0 radical (unpaired) electrons. The van der Waals surface area contributed by atoms with Crippen molar-refractivity contribution in [1.29, 1.82) is 0 Å². The first-order valence-corrected chi connectivity index (χ1v) is 10.6. The summed E-state index contributed by atoms with van der Waals surface area (Å²) in [5, 5.41) is 3.20. The molecule has 6 heteroatoms. The first-order valence-electron chi connectivity index (χ1n) is 10.6. The van der Waals surface area contributed by atoms with Gasteiger partial charge < -0.3 is 19.5 Å². The van der Waals surface area contributed by atoms with E-state index in [2.05, 4.69) is 10.2 Å². The number of ether oxygens (including phenoxy) is 3. The van der Waals surface area contributed by atoms with Crippen molar-refractivity contribution < 1.29 is 19.0 Å². The molecular formula is C22H30N2O4. The lowest BCUT2D eigenvalue weighted by molar-refractivity contribution is -0.122. The average molecular weight is 386 g/mol. The topological polar surface area (TPSA) is 60.0 Å². The van der Waals surface area contributed by atoms with E-state index in [1.54, 1.807) is 7.11 Å². The van der Waals surface area contributed by atoms with Gasteiger partial charge in [0.15, 0.2) is 11.5 Å². The van der Waals surface area contributed by atoms with E-state index in [9.17, 15) is 4.79 Å². The molecule has 4 aliphatic rings. The number of carbonyl (C=O) groups is 1. The van der Waals surface area contributed by atoms with Gasteiger partial charge in [0.2, 0.25) is 5.91 Å². The Labute approximate surface area is 166 Å². The lowest BCUT2D eigenvalue weighted by Gasteiger charge is -2.29. The van der Waals surface area contributed by atoms with Crippen LogP contribution in [-0.2, 0) is 9.53 Å². The molecule has 1 saturated carbocycles. The molecule has 3 saturated heterocycles. The number of amides is 1. The molecule has 5 rings (SSSR count). The highest BCUT2D eigenvalue weighted by Crippen LogP contribution is 2.54. The van der Waals surface area contributed by atoms with Gasteiger partial charge in [-0.2, -0.15) is 0 Å². The standard InChI is InChI=1S/C22H30N2O4/c1-26-19-4-2-3-5-20(19)27-11-10-24-13-17-16(12-23-21(25)15-6-7-15)18-8-9-22(17,14-24)28-18/h2-5,15-18H,6-14H2,1H3,(H,23,25)/t16-,17+,18+,22+/m0/s1. The predicted octanol–water partition coefficient (Wildman–Crippen LogP) is 2.08. The van der Waals surface area contributed by atoms with E-state index in [4.69, 9.17) is 14.2 Å². The molecule has 28 heavy (non-hydrogen) atoms. The number of hydrogen-bond donors (Lipinski definition) is 1. The Morgan fingerprint density at radius 2 is 2.11 bits per heavy atom. The number of nitrogens with one attached hydrogen (secondary N) is 1. The molecule has 1 aromatic rings. The summed E-state index contributed by atoms with van der Waals surface area (Å²) < 4.78 is 17.8. The van der Waals surface area contributed by atoms with Crippen LogP contribution in [0, 0.1) is 17.8 Å². The predicted molar refractivity (Wildman–Crippen MR) is 104 cm³/mol. The van der Waals surface area contributed by atoms with Gasteiger partial charge in [-0.05, 0) is 37.8 Å². The fourth-order valence-corrected chi connectivity index (χ4v) is 5.46. The van der Waals surface area contributed by atoms with Gasteiger partial charge in [-0.3, -0.25) is 9.69 Å². The van der Waals surface area contributed by atoms with E-state index in [0.29, 0.717) is 24.5 Å². The van der Waals surface area contributed by atoms with E-state index >= 15 is 0 Å². The summed E-state index contributed by atoms with van der Waals surface area (Å²) >= 11 is 0. The van der Waals surface area contributed by atoms with Crippen LogP contribution >= 0.6 is 0 Å². The Balaban J connectivity index is 1.15. The molecule has 6 nitrogen and oxygen atoms in total. The Bertz CT molecular complexity index is 737. The zero-order chi connectivity index (χ0) is 19.1. The third-order valence-electron chi connectivity index (χ3n) is 7.05. The number of fused-ring (bicyclic) bond motifs is 1. The zero-order valence-corrected chi connectivity index (χ0v) is 16.6. The minimum atomic E-state index is 0.00405. The second-order valence-corrected chi connectivity index (χ2v) is 8.78. The maximum Gasteiger partial charge on any atom is 0.223 e. The normalized spacial score (nSPS) is 33.7. The Morgan fingerprint density at radius 3 is 2.89 bits per heavy atom. The monoisotopic (exact) mass is 386 g/mol. The van der Waals surface area contributed by atoms with Gasteiger partial charge >= 0.3 is 0 Å². The van der Waals surface area contributed by atoms with E-state index in [0.717, 1.165) is 63.4 Å². The molecule has 1 aromatic carbocycles. The largest absolute Gasteiger partial charge is 0.493 e. The maximum absolute atomic E-state index is 12.1. The van der Waals surface area contributed by atoms with Gasteiger partial charge in [0.1, 0.15) is 6.61 Å². The Morgan fingerprint density at radius 1 is 1.29 bits per heavy atom. The van der Waals surface area contributed by atoms with Crippen molar-refractivity contribution in [3.63, 3.8) is 0 Å². The second kappa shape index (κ2) is 7.23. The van der Waals surface area contributed by atoms with E-state index in [1.165, 1.54) is 0 Å². The molecule has 0 unspecified atom stereocenters. The number of benzene rings is 1. The van der Waals surface area contributed by atoms with Crippen LogP contribution in [0.5, 0.6) is 11.5 Å². The van der Waals surface area contributed by atoms with Gasteiger partial charge in [-0.15, -0.1) is 0 Å². The molecule has 4 fully saturated rings. The van der Waals surface area contributed by atoms with Crippen LogP contribution in [0.15, 0.2) is 24.3 Å². The van der Waals surface area contributed by atoms with Gasteiger partial charge in [0.25, 0.3) is 0 Å². The lowest BCUT2D eigenvalue weighted by Crippen LogP contribution is -2.42. The van der Waals surface area contributed by atoms with Gasteiger partial charge in [-0.25, -0.2) is 0 Å². The number of likely N-dealkylation sites (tertiary alicyclic amines) is 1. The minimum absolute atomic E-state index is 0.00405. The average Bonchev–Trinajstić information content (AvgIpc) is 3.31. The molecule has 152 valence electrons. The van der Waals surface area contributed by atoms with Crippen molar-refractivity contribution in [1.82, 2.24) is 10.2 Å². The summed E-state index contributed by atoms with van der Waals surface area (Å²) in [5.41, 5.74) is 0.00405. The molecule has 2 bridgehead atoms. The van der Waals surface area contributed by atoms with Gasteiger partial charge in [-0.1, -0.05) is 12.1 Å². The molecule has 3 aliphatic heterocycles. The van der Waals surface area contributed by atoms with E-state index in [-0.39, 0.29) is 17.4 Å². The van der Waals surface area contributed by atoms with Crippen molar-refractivity contribution in [2.75, 3.05) is 39.9 Å². The Kier molecular flexibility index (Phi) is 4.71. The number of para-hydroxylation sites is 2. The van der Waals surface area contributed by atoms with Crippen molar-refractivity contribution in [2.45, 2.75) is 37.4 Å². The van der Waals surface area contributed by atoms with E-state index < -0.39 is 0 Å². The molecule has 1 N–H and O–H groups in total. The molecule has 1 aliphatic carbocycles. The van der Waals surface area contributed by atoms with Crippen LogP contribution < -0.4 is 14.8 Å². The first kappa shape index (κ1) is 18.3. The lowest BCUT2D eigenvalue weighted by atomic mass is 9.73. The Hall–Kier alpha value is -1.79. The smallest absolute Gasteiger partial charge is 0.223 e. The highest BCUT2D eigenvalue weighted by atomic mass is 16.5. The second-order valence-electron chi connectivity index (χ2n) is 8.78. The number of hydrogen-bond acceptors (Lipinski definition) is 5. The van der Waals surface area contributed by atoms with Crippen molar-refractivity contribution in [3.05, 3.63) is 24.3 Å².